The lowest BCUT2D eigenvalue weighted by Gasteiger charge is -2.38. The van der Waals surface area contributed by atoms with Gasteiger partial charge in [-0.2, -0.15) is 5.01 Å². The van der Waals surface area contributed by atoms with Crippen molar-refractivity contribution >= 4 is 5.70 Å². The van der Waals surface area contributed by atoms with Crippen LogP contribution in [-0.4, -0.2) is 11.6 Å². The average molecular weight is 382 g/mol. The molecule has 3 aromatic rings. The molecule has 0 amide bonds. The highest BCUT2D eigenvalue weighted by Gasteiger charge is 2.39. The highest BCUT2D eigenvalue weighted by Crippen LogP contribution is 2.45. The monoisotopic (exact) mass is 382 g/mol. The number of hydrazine groups is 1. The predicted molar refractivity (Wildman–Crippen MR) is 114 cm³/mol. The maximum Gasteiger partial charge on any atom is 0.195 e. The normalized spacial score (nSPS) is 19.9. The van der Waals surface area contributed by atoms with Gasteiger partial charge in [0.1, 0.15) is 18.1 Å². The molecule has 1 N–H and O–H groups in total. The van der Waals surface area contributed by atoms with Crippen LogP contribution in [0, 0.1) is 0 Å². The Bertz CT molecular complexity index is 1040. The van der Waals surface area contributed by atoms with E-state index >= 15 is 0 Å². The third-order valence-corrected chi connectivity index (χ3v) is 5.22. The van der Waals surface area contributed by atoms with Gasteiger partial charge in [0.25, 0.3) is 0 Å². The van der Waals surface area contributed by atoms with Crippen LogP contribution in [0.1, 0.15) is 29.0 Å². The van der Waals surface area contributed by atoms with E-state index in [2.05, 4.69) is 59.5 Å². The number of hydrogen-bond donors (Lipinski definition) is 1. The Morgan fingerprint density at radius 1 is 0.966 bits per heavy atom. The minimum atomic E-state index is -0.208. The maximum absolute atomic E-state index is 6.38. The van der Waals surface area contributed by atoms with Gasteiger partial charge in [0, 0.05) is 11.1 Å². The molecular weight excluding hydrogens is 360 g/mol. The summed E-state index contributed by atoms with van der Waals surface area (Å²) >= 11 is 0. The molecule has 3 aromatic carbocycles. The van der Waals surface area contributed by atoms with Crippen molar-refractivity contribution < 1.29 is 9.47 Å². The molecule has 0 saturated carbocycles. The van der Waals surface area contributed by atoms with Crippen LogP contribution in [0.4, 0.5) is 0 Å². The summed E-state index contributed by atoms with van der Waals surface area (Å²) in [5.41, 5.74) is 8.02. The van der Waals surface area contributed by atoms with Gasteiger partial charge in [0.15, 0.2) is 6.23 Å². The second-order valence-electron chi connectivity index (χ2n) is 7.09. The van der Waals surface area contributed by atoms with Crippen molar-refractivity contribution in [2.75, 3.05) is 6.61 Å². The molecule has 5 rings (SSSR count). The third-order valence-electron chi connectivity index (χ3n) is 5.22. The summed E-state index contributed by atoms with van der Waals surface area (Å²) in [7, 11) is 0. The van der Waals surface area contributed by atoms with Gasteiger partial charge >= 0.3 is 0 Å². The number of nitrogens with one attached hydrogen (secondary N) is 1. The van der Waals surface area contributed by atoms with E-state index in [4.69, 9.17) is 9.47 Å². The quantitative estimate of drug-likeness (QED) is 0.612. The van der Waals surface area contributed by atoms with Gasteiger partial charge in [-0.05, 0) is 42.0 Å². The fourth-order valence-corrected chi connectivity index (χ4v) is 3.83. The number of ether oxygens (including phenoxy) is 2. The maximum atomic E-state index is 6.38. The van der Waals surface area contributed by atoms with Crippen LogP contribution in [-0.2, 0) is 0 Å². The lowest BCUT2D eigenvalue weighted by atomic mass is 10.0. The molecule has 0 unspecified atom stereocenters. The van der Waals surface area contributed by atoms with Crippen molar-refractivity contribution in [3.05, 3.63) is 114 Å². The molecule has 4 nitrogen and oxygen atoms in total. The minimum absolute atomic E-state index is 0.0943. The molecule has 144 valence electrons. The van der Waals surface area contributed by atoms with Crippen LogP contribution in [0.3, 0.4) is 0 Å². The van der Waals surface area contributed by atoms with Crippen molar-refractivity contribution in [2.24, 2.45) is 0 Å². The summed E-state index contributed by atoms with van der Waals surface area (Å²) in [5, 5.41) is 2.18. The summed E-state index contributed by atoms with van der Waals surface area (Å²) < 4.78 is 12.0. The molecule has 29 heavy (non-hydrogen) atoms. The van der Waals surface area contributed by atoms with E-state index in [1.807, 2.05) is 42.5 Å². The molecule has 0 radical (unpaired) electrons. The van der Waals surface area contributed by atoms with E-state index in [0.717, 1.165) is 33.9 Å². The molecule has 0 aliphatic carbocycles. The standard InChI is InChI=1S/C25H22N2O2/c1-2-16-28-20-14-12-18(13-15-20)22-17-23-21-10-6-7-11-24(21)29-25(27(23)26-22)19-8-4-3-5-9-19/h2-15,17,23,25-26H,1,16H2/t23-,25+/m1/s1. The zero-order valence-corrected chi connectivity index (χ0v) is 16.0. The van der Waals surface area contributed by atoms with E-state index in [9.17, 15) is 0 Å². The Kier molecular flexibility index (Phi) is 4.54. The molecule has 2 atom stereocenters. The SMILES string of the molecule is C=CCOc1ccc(C2=C[C@@H]3c4ccccc4O[C@@H](c4ccccc4)N3N2)cc1. The van der Waals surface area contributed by atoms with Crippen LogP contribution < -0.4 is 14.9 Å². The van der Waals surface area contributed by atoms with E-state index < -0.39 is 0 Å². The lowest BCUT2D eigenvalue weighted by molar-refractivity contribution is -0.0326. The van der Waals surface area contributed by atoms with Gasteiger partial charge in [-0.1, -0.05) is 61.2 Å². The zero-order valence-electron chi connectivity index (χ0n) is 16.0. The molecule has 0 aromatic heterocycles. The van der Waals surface area contributed by atoms with Crippen molar-refractivity contribution in [1.29, 1.82) is 0 Å². The highest BCUT2D eigenvalue weighted by atomic mass is 16.5. The topological polar surface area (TPSA) is 33.7 Å². The Labute approximate surface area is 170 Å². The Morgan fingerprint density at radius 3 is 2.52 bits per heavy atom. The zero-order chi connectivity index (χ0) is 19.6. The fraction of sp³-hybridized carbons (Fsp3) is 0.120. The van der Waals surface area contributed by atoms with Crippen LogP contribution in [0.5, 0.6) is 11.5 Å². The first kappa shape index (κ1) is 17.6. The molecule has 0 saturated heterocycles. The fourth-order valence-electron chi connectivity index (χ4n) is 3.83. The number of hydrogen-bond acceptors (Lipinski definition) is 4. The Balaban J connectivity index is 1.48. The first-order valence-corrected chi connectivity index (χ1v) is 9.75. The molecule has 2 heterocycles. The van der Waals surface area contributed by atoms with Gasteiger partial charge in [-0.15, -0.1) is 0 Å². The molecule has 2 aliphatic rings. The first-order valence-electron chi connectivity index (χ1n) is 9.75. The number of benzene rings is 3. The number of para-hydroxylation sites is 1. The molecule has 0 bridgehead atoms. The van der Waals surface area contributed by atoms with Crippen molar-refractivity contribution in [3.63, 3.8) is 0 Å². The summed E-state index contributed by atoms with van der Waals surface area (Å²) in [5.74, 6) is 1.76. The number of nitrogens with zero attached hydrogens (tertiary/aromatic N) is 1. The largest absolute Gasteiger partial charge is 0.490 e. The van der Waals surface area contributed by atoms with Crippen LogP contribution >= 0.6 is 0 Å². The summed E-state index contributed by atoms with van der Waals surface area (Å²) in [4.78, 5) is 0. The summed E-state index contributed by atoms with van der Waals surface area (Å²) in [6.45, 7) is 4.19. The number of rotatable bonds is 5. The highest BCUT2D eigenvalue weighted by molar-refractivity contribution is 5.68. The average Bonchev–Trinajstić information content (AvgIpc) is 3.24. The summed E-state index contributed by atoms with van der Waals surface area (Å²) in [6, 6.07) is 26.7. The van der Waals surface area contributed by atoms with Gasteiger partial charge in [0.2, 0.25) is 0 Å². The van der Waals surface area contributed by atoms with Crippen molar-refractivity contribution in [1.82, 2.24) is 10.4 Å². The molecule has 2 aliphatic heterocycles. The van der Waals surface area contributed by atoms with E-state index in [0.29, 0.717) is 6.61 Å². The molecule has 0 spiro atoms. The van der Waals surface area contributed by atoms with Crippen LogP contribution in [0.25, 0.3) is 5.70 Å². The second-order valence-corrected chi connectivity index (χ2v) is 7.09. The second kappa shape index (κ2) is 7.49. The van der Waals surface area contributed by atoms with Gasteiger partial charge < -0.3 is 14.9 Å². The Hall–Kier alpha value is -3.50. The Morgan fingerprint density at radius 2 is 1.72 bits per heavy atom. The molecular formula is C25H22N2O2. The van der Waals surface area contributed by atoms with E-state index in [-0.39, 0.29) is 12.3 Å². The minimum Gasteiger partial charge on any atom is -0.490 e. The van der Waals surface area contributed by atoms with Crippen molar-refractivity contribution in [2.45, 2.75) is 12.3 Å². The predicted octanol–water partition coefficient (Wildman–Crippen LogP) is 5.25. The molecule has 0 fully saturated rings. The summed E-state index contributed by atoms with van der Waals surface area (Å²) in [6.07, 6.45) is 3.80. The van der Waals surface area contributed by atoms with E-state index in [1.54, 1.807) is 6.08 Å². The van der Waals surface area contributed by atoms with Crippen molar-refractivity contribution in [3.8, 4) is 11.5 Å². The van der Waals surface area contributed by atoms with Crippen LogP contribution in [0.15, 0.2) is 97.6 Å². The lowest BCUT2D eigenvalue weighted by Crippen LogP contribution is -2.43. The smallest absolute Gasteiger partial charge is 0.195 e. The van der Waals surface area contributed by atoms with Crippen LogP contribution in [0.2, 0.25) is 0 Å². The molecule has 4 heteroatoms. The van der Waals surface area contributed by atoms with Gasteiger partial charge in [0.05, 0.1) is 11.7 Å². The third kappa shape index (κ3) is 3.28. The van der Waals surface area contributed by atoms with Gasteiger partial charge in [-0.25, -0.2) is 0 Å². The van der Waals surface area contributed by atoms with E-state index in [1.165, 1.54) is 0 Å². The number of fused-ring (bicyclic) bond motifs is 3. The first-order chi connectivity index (χ1) is 14.3. The van der Waals surface area contributed by atoms with Gasteiger partial charge in [-0.3, -0.25) is 0 Å².